The first-order valence-corrected chi connectivity index (χ1v) is 6.94. The molecular weight excluding hydrogens is 272 g/mol. The minimum atomic E-state index is -0.718. The maximum atomic E-state index is 10.3. The van der Waals surface area contributed by atoms with Crippen LogP contribution in [0.25, 0.3) is 0 Å². The second-order valence-corrected chi connectivity index (χ2v) is 4.49. The lowest BCUT2D eigenvalue weighted by molar-refractivity contribution is 0.175. The van der Waals surface area contributed by atoms with Gasteiger partial charge in [-0.1, -0.05) is 6.07 Å². The van der Waals surface area contributed by atoms with E-state index in [9.17, 15) is 5.11 Å². The number of aryl methyl sites for hydroxylation is 1. The fraction of sp³-hybridized carbons (Fsp3) is 0.500. The standard InChI is InChI=1S/C14H20N4O3/c1-4-20-12-7-6-10(8-13(12)21-5-2)11(19)9-14-15-17-18(3)16-14/h6-8,11,19H,4-5,9H2,1-3H3. The van der Waals surface area contributed by atoms with E-state index in [4.69, 9.17) is 9.47 Å². The Morgan fingerprint density at radius 2 is 1.90 bits per heavy atom. The zero-order valence-electron chi connectivity index (χ0n) is 12.5. The molecule has 1 atom stereocenters. The fourth-order valence-electron chi connectivity index (χ4n) is 1.97. The minimum absolute atomic E-state index is 0.299. The highest BCUT2D eigenvalue weighted by atomic mass is 16.5. The molecule has 1 unspecified atom stereocenters. The molecule has 0 saturated carbocycles. The first-order chi connectivity index (χ1) is 10.1. The molecule has 1 aromatic heterocycles. The van der Waals surface area contributed by atoms with Crippen molar-refractivity contribution in [2.45, 2.75) is 26.4 Å². The number of rotatable bonds is 7. The average molecular weight is 292 g/mol. The number of aliphatic hydroxyl groups excluding tert-OH is 1. The van der Waals surface area contributed by atoms with E-state index in [0.717, 1.165) is 5.56 Å². The van der Waals surface area contributed by atoms with Gasteiger partial charge in [-0.3, -0.25) is 0 Å². The van der Waals surface area contributed by atoms with Crippen molar-refractivity contribution >= 4 is 0 Å². The Kier molecular flexibility index (Phi) is 5.10. The Morgan fingerprint density at radius 1 is 1.19 bits per heavy atom. The normalized spacial score (nSPS) is 12.2. The molecule has 1 aromatic carbocycles. The lowest BCUT2D eigenvalue weighted by atomic mass is 10.1. The molecule has 0 fully saturated rings. The summed E-state index contributed by atoms with van der Waals surface area (Å²) in [5.74, 6) is 1.80. The summed E-state index contributed by atoms with van der Waals surface area (Å²) in [6, 6.07) is 5.40. The molecule has 2 rings (SSSR count). The maximum Gasteiger partial charge on any atom is 0.177 e. The molecule has 1 heterocycles. The van der Waals surface area contributed by atoms with Gasteiger partial charge in [0.25, 0.3) is 0 Å². The van der Waals surface area contributed by atoms with Crippen LogP contribution in [0.2, 0.25) is 0 Å². The summed E-state index contributed by atoms with van der Waals surface area (Å²) in [7, 11) is 1.69. The minimum Gasteiger partial charge on any atom is -0.490 e. The Labute approximate surface area is 123 Å². The summed E-state index contributed by atoms with van der Waals surface area (Å²) in [5.41, 5.74) is 0.731. The average Bonchev–Trinajstić information content (AvgIpc) is 2.86. The van der Waals surface area contributed by atoms with Crippen LogP contribution in [-0.2, 0) is 13.5 Å². The van der Waals surface area contributed by atoms with Gasteiger partial charge in [0, 0.05) is 6.42 Å². The van der Waals surface area contributed by atoms with Crippen LogP contribution in [0.5, 0.6) is 11.5 Å². The van der Waals surface area contributed by atoms with Crippen molar-refractivity contribution in [3.63, 3.8) is 0 Å². The molecule has 0 bridgehead atoms. The highest BCUT2D eigenvalue weighted by molar-refractivity contribution is 5.43. The van der Waals surface area contributed by atoms with E-state index >= 15 is 0 Å². The predicted molar refractivity (Wildman–Crippen MR) is 76.2 cm³/mol. The van der Waals surface area contributed by atoms with Gasteiger partial charge in [0.05, 0.1) is 26.4 Å². The molecule has 0 radical (unpaired) electrons. The smallest absolute Gasteiger partial charge is 0.177 e. The number of hydrogen-bond donors (Lipinski definition) is 1. The zero-order chi connectivity index (χ0) is 15.2. The van der Waals surface area contributed by atoms with Gasteiger partial charge >= 0.3 is 0 Å². The molecule has 0 aliphatic heterocycles. The Bertz CT molecular complexity index is 585. The van der Waals surface area contributed by atoms with Gasteiger partial charge in [0.1, 0.15) is 0 Å². The molecule has 2 aromatic rings. The number of aliphatic hydroxyl groups is 1. The van der Waals surface area contributed by atoms with Gasteiger partial charge in [0.15, 0.2) is 17.3 Å². The molecule has 0 aliphatic carbocycles. The van der Waals surface area contributed by atoms with Crippen molar-refractivity contribution in [3.8, 4) is 11.5 Å². The fourth-order valence-corrected chi connectivity index (χ4v) is 1.97. The quantitative estimate of drug-likeness (QED) is 0.828. The molecule has 7 nitrogen and oxygen atoms in total. The van der Waals surface area contributed by atoms with Gasteiger partial charge in [-0.25, -0.2) is 0 Å². The summed E-state index contributed by atoms with van der Waals surface area (Å²) < 4.78 is 11.1. The SMILES string of the molecule is CCOc1ccc(C(O)Cc2nnn(C)n2)cc1OCC. The van der Waals surface area contributed by atoms with Crippen LogP contribution in [0, 0.1) is 0 Å². The van der Waals surface area contributed by atoms with Crippen LogP contribution in [0.1, 0.15) is 31.3 Å². The van der Waals surface area contributed by atoms with E-state index < -0.39 is 6.10 Å². The second-order valence-electron chi connectivity index (χ2n) is 4.49. The molecule has 0 amide bonds. The first-order valence-electron chi connectivity index (χ1n) is 6.94. The number of benzene rings is 1. The number of aromatic nitrogens is 4. The molecule has 7 heteroatoms. The van der Waals surface area contributed by atoms with Crippen molar-refractivity contribution < 1.29 is 14.6 Å². The number of ether oxygens (including phenoxy) is 2. The summed E-state index contributed by atoms with van der Waals surface area (Å²) >= 11 is 0. The topological polar surface area (TPSA) is 82.3 Å². The third-order valence-corrected chi connectivity index (χ3v) is 2.88. The van der Waals surface area contributed by atoms with Gasteiger partial charge in [-0.2, -0.15) is 4.80 Å². The predicted octanol–water partition coefficient (Wildman–Crippen LogP) is 1.28. The third kappa shape index (κ3) is 3.91. The molecule has 114 valence electrons. The van der Waals surface area contributed by atoms with Crippen LogP contribution >= 0.6 is 0 Å². The van der Waals surface area contributed by atoms with Gasteiger partial charge in [-0.15, -0.1) is 10.2 Å². The van der Waals surface area contributed by atoms with E-state index in [0.29, 0.717) is 37.0 Å². The van der Waals surface area contributed by atoms with Crippen LogP contribution < -0.4 is 9.47 Å². The highest BCUT2D eigenvalue weighted by Gasteiger charge is 2.15. The molecule has 1 N–H and O–H groups in total. The van der Waals surface area contributed by atoms with Crippen molar-refractivity contribution in [2.24, 2.45) is 7.05 Å². The Balaban J connectivity index is 2.16. The van der Waals surface area contributed by atoms with Gasteiger partial charge in [-0.05, 0) is 36.8 Å². The summed E-state index contributed by atoms with van der Waals surface area (Å²) in [4.78, 5) is 1.37. The third-order valence-electron chi connectivity index (χ3n) is 2.88. The van der Waals surface area contributed by atoms with Crippen LogP contribution in [0.15, 0.2) is 18.2 Å². The molecule has 0 spiro atoms. The Hall–Kier alpha value is -2.15. The van der Waals surface area contributed by atoms with Crippen molar-refractivity contribution in [1.29, 1.82) is 0 Å². The van der Waals surface area contributed by atoms with E-state index in [-0.39, 0.29) is 0 Å². The van der Waals surface area contributed by atoms with Crippen LogP contribution in [-0.4, -0.2) is 38.5 Å². The summed E-state index contributed by atoms with van der Waals surface area (Å²) in [5, 5.41) is 22.0. The second kappa shape index (κ2) is 7.03. The number of nitrogens with zero attached hydrogens (tertiary/aromatic N) is 4. The van der Waals surface area contributed by atoms with Crippen molar-refractivity contribution in [3.05, 3.63) is 29.6 Å². The first kappa shape index (κ1) is 15.2. The lowest BCUT2D eigenvalue weighted by Gasteiger charge is -2.14. The van der Waals surface area contributed by atoms with E-state index in [1.165, 1.54) is 4.80 Å². The highest BCUT2D eigenvalue weighted by Crippen LogP contribution is 2.31. The van der Waals surface area contributed by atoms with E-state index in [1.54, 1.807) is 19.2 Å². The van der Waals surface area contributed by atoms with Crippen LogP contribution in [0.3, 0.4) is 0 Å². The van der Waals surface area contributed by atoms with Crippen LogP contribution in [0.4, 0.5) is 0 Å². The van der Waals surface area contributed by atoms with Gasteiger partial charge < -0.3 is 14.6 Å². The molecular formula is C14H20N4O3. The molecule has 21 heavy (non-hydrogen) atoms. The molecule has 0 saturated heterocycles. The largest absolute Gasteiger partial charge is 0.490 e. The maximum absolute atomic E-state index is 10.3. The number of hydrogen-bond acceptors (Lipinski definition) is 6. The van der Waals surface area contributed by atoms with E-state index in [1.807, 2.05) is 19.9 Å². The zero-order valence-corrected chi connectivity index (χ0v) is 12.5. The summed E-state index contributed by atoms with van der Waals surface area (Å²) in [6.45, 7) is 4.91. The molecule has 0 aliphatic rings. The lowest BCUT2D eigenvalue weighted by Crippen LogP contribution is -2.05. The number of tetrazole rings is 1. The summed E-state index contributed by atoms with van der Waals surface area (Å²) in [6.07, 6.45) is -0.419. The Morgan fingerprint density at radius 3 is 2.52 bits per heavy atom. The van der Waals surface area contributed by atoms with E-state index in [2.05, 4.69) is 15.4 Å². The monoisotopic (exact) mass is 292 g/mol. The van der Waals surface area contributed by atoms with Crippen molar-refractivity contribution in [2.75, 3.05) is 13.2 Å². The van der Waals surface area contributed by atoms with Crippen molar-refractivity contribution in [1.82, 2.24) is 20.2 Å². The van der Waals surface area contributed by atoms with Gasteiger partial charge in [0.2, 0.25) is 0 Å².